The minimum atomic E-state index is -0.308. The molecule has 0 radical (unpaired) electrons. The molecule has 2 nitrogen and oxygen atoms in total. The molecule has 1 aromatic carbocycles. The Bertz CT molecular complexity index is 464. The lowest BCUT2D eigenvalue weighted by Crippen LogP contribution is -2.33. The van der Waals surface area contributed by atoms with Crippen LogP contribution in [0.5, 0.6) is 0 Å². The van der Waals surface area contributed by atoms with E-state index in [1.165, 1.54) is 31.7 Å². The molecule has 1 aromatic rings. The molecule has 1 unspecified atom stereocenters. The number of hydrogen-bond donors (Lipinski definition) is 0. The van der Waals surface area contributed by atoms with Crippen LogP contribution in [0.25, 0.3) is 0 Å². The lowest BCUT2D eigenvalue weighted by atomic mass is 10.1. The summed E-state index contributed by atoms with van der Waals surface area (Å²) in [5.41, 5.74) is 1.33. The summed E-state index contributed by atoms with van der Waals surface area (Å²) in [6.07, 6.45) is 6.18. The molecule has 3 heteroatoms. The molecule has 1 atom stereocenters. The van der Waals surface area contributed by atoms with Crippen molar-refractivity contribution in [3.63, 3.8) is 0 Å². The SMILES string of the molecule is CCC1CCCCCN1Cc1cc(F)cc(C#N)c1. The van der Waals surface area contributed by atoms with Gasteiger partial charge in [-0.2, -0.15) is 5.26 Å². The average molecular weight is 260 g/mol. The Morgan fingerprint density at radius 2 is 2.16 bits per heavy atom. The van der Waals surface area contributed by atoms with E-state index in [-0.39, 0.29) is 5.82 Å². The van der Waals surface area contributed by atoms with Gasteiger partial charge >= 0.3 is 0 Å². The van der Waals surface area contributed by atoms with Gasteiger partial charge in [0.25, 0.3) is 0 Å². The number of nitriles is 1. The third kappa shape index (κ3) is 3.78. The zero-order valence-electron chi connectivity index (χ0n) is 11.5. The summed E-state index contributed by atoms with van der Waals surface area (Å²) >= 11 is 0. The van der Waals surface area contributed by atoms with Crippen LogP contribution >= 0.6 is 0 Å². The molecule has 0 N–H and O–H groups in total. The largest absolute Gasteiger partial charge is 0.296 e. The second kappa shape index (κ2) is 6.68. The Morgan fingerprint density at radius 1 is 1.32 bits per heavy atom. The number of nitrogens with zero attached hydrogens (tertiary/aromatic N) is 2. The van der Waals surface area contributed by atoms with Gasteiger partial charge in [0.15, 0.2) is 0 Å². The molecule has 1 saturated heterocycles. The van der Waals surface area contributed by atoms with E-state index >= 15 is 0 Å². The third-order valence-corrected chi connectivity index (χ3v) is 3.94. The molecule has 0 spiro atoms. The quantitative estimate of drug-likeness (QED) is 0.825. The van der Waals surface area contributed by atoms with Gasteiger partial charge in [-0.1, -0.05) is 19.8 Å². The van der Waals surface area contributed by atoms with Crippen molar-refractivity contribution in [2.75, 3.05) is 6.54 Å². The first-order chi connectivity index (χ1) is 9.22. The van der Waals surface area contributed by atoms with Crippen LogP contribution in [-0.2, 0) is 6.54 Å². The van der Waals surface area contributed by atoms with Crippen LogP contribution in [0.1, 0.15) is 50.2 Å². The molecule has 102 valence electrons. The molecule has 0 aliphatic carbocycles. The van der Waals surface area contributed by atoms with E-state index in [0.29, 0.717) is 11.6 Å². The summed E-state index contributed by atoms with van der Waals surface area (Å²) in [5.74, 6) is -0.308. The second-order valence-electron chi connectivity index (χ2n) is 5.34. The number of hydrogen-bond acceptors (Lipinski definition) is 2. The molecule has 0 bridgehead atoms. The first kappa shape index (κ1) is 14.0. The van der Waals surface area contributed by atoms with Gasteiger partial charge in [-0.15, -0.1) is 0 Å². The minimum absolute atomic E-state index is 0.308. The van der Waals surface area contributed by atoms with Gasteiger partial charge in [0.05, 0.1) is 11.6 Å². The topological polar surface area (TPSA) is 27.0 Å². The highest BCUT2D eigenvalue weighted by molar-refractivity contribution is 5.33. The van der Waals surface area contributed by atoms with Crippen molar-refractivity contribution >= 4 is 0 Å². The number of likely N-dealkylation sites (tertiary alicyclic amines) is 1. The zero-order chi connectivity index (χ0) is 13.7. The fourth-order valence-electron chi connectivity index (χ4n) is 2.95. The Labute approximate surface area is 114 Å². The molecular formula is C16H21FN2. The maximum absolute atomic E-state index is 13.5. The molecule has 0 saturated carbocycles. The van der Waals surface area contributed by atoms with E-state index in [9.17, 15) is 4.39 Å². The monoisotopic (exact) mass is 260 g/mol. The maximum Gasteiger partial charge on any atom is 0.124 e. The van der Waals surface area contributed by atoms with Gasteiger partial charge in [-0.05, 0) is 49.6 Å². The molecule has 1 aliphatic heterocycles. The van der Waals surface area contributed by atoms with E-state index in [0.717, 1.165) is 25.1 Å². The summed E-state index contributed by atoms with van der Waals surface area (Å²) < 4.78 is 13.5. The van der Waals surface area contributed by atoms with Crippen molar-refractivity contribution < 1.29 is 4.39 Å². The van der Waals surface area contributed by atoms with Crippen LogP contribution < -0.4 is 0 Å². The highest BCUT2D eigenvalue weighted by atomic mass is 19.1. The highest BCUT2D eigenvalue weighted by Gasteiger charge is 2.19. The number of halogens is 1. The van der Waals surface area contributed by atoms with Gasteiger partial charge in [0.1, 0.15) is 5.82 Å². The third-order valence-electron chi connectivity index (χ3n) is 3.94. The lowest BCUT2D eigenvalue weighted by Gasteiger charge is -2.29. The molecule has 0 amide bonds. The summed E-state index contributed by atoms with van der Waals surface area (Å²) in [5, 5.41) is 8.91. The molecule has 1 heterocycles. The van der Waals surface area contributed by atoms with Gasteiger partial charge in [0, 0.05) is 12.6 Å². The van der Waals surface area contributed by atoms with E-state index in [4.69, 9.17) is 5.26 Å². The molecular weight excluding hydrogens is 239 g/mol. The van der Waals surface area contributed by atoms with Crippen molar-refractivity contribution in [1.29, 1.82) is 5.26 Å². The molecule has 0 aromatic heterocycles. The molecule has 19 heavy (non-hydrogen) atoms. The Balaban J connectivity index is 2.14. The number of benzene rings is 1. The molecule has 2 rings (SSSR count). The van der Waals surface area contributed by atoms with Crippen molar-refractivity contribution in [2.24, 2.45) is 0 Å². The first-order valence-corrected chi connectivity index (χ1v) is 7.16. The van der Waals surface area contributed by atoms with Gasteiger partial charge in [0.2, 0.25) is 0 Å². The van der Waals surface area contributed by atoms with Crippen molar-refractivity contribution in [3.05, 3.63) is 35.1 Å². The van der Waals surface area contributed by atoms with Crippen LogP contribution in [0.2, 0.25) is 0 Å². The van der Waals surface area contributed by atoms with Gasteiger partial charge in [-0.25, -0.2) is 4.39 Å². The maximum atomic E-state index is 13.5. The minimum Gasteiger partial charge on any atom is -0.296 e. The summed E-state index contributed by atoms with van der Waals surface area (Å²) in [6, 6.07) is 7.27. The standard InChI is InChI=1S/C16H21FN2/c1-2-16-6-4-3-5-7-19(16)12-14-8-13(11-18)9-15(17)10-14/h8-10,16H,2-7,12H2,1H3. The van der Waals surface area contributed by atoms with Crippen LogP contribution in [0, 0.1) is 17.1 Å². The van der Waals surface area contributed by atoms with E-state index in [2.05, 4.69) is 11.8 Å². The average Bonchev–Trinajstić information content (AvgIpc) is 2.63. The van der Waals surface area contributed by atoms with Gasteiger partial charge < -0.3 is 0 Å². The summed E-state index contributed by atoms with van der Waals surface area (Å²) in [6.45, 7) is 4.05. The summed E-state index contributed by atoms with van der Waals surface area (Å²) in [4.78, 5) is 2.45. The van der Waals surface area contributed by atoms with Crippen molar-refractivity contribution in [3.8, 4) is 6.07 Å². The van der Waals surface area contributed by atoms with Crippen molar-refractivity contribution in [2.45, 2.75) is 51.6 Å². The predicted octanol–water partition coefficient (Wildman–Crippen LogP) is 3.85. The van der Waals surface area contributed by atoms with Crippen LogP contribution in [0.3, 0.4) is 0 Å². The zero-order valence-corrected chi connectivity index (χ0v) is 11.5. The van der Waals surface area contributed by atoms with Gasteiger partial charge in [-0.3, -0.25) is 4.90 Å². The van der Waals surface area contributed by atoms with E-state index in [1.807, 2.05) is 6.07 Å². The lowest BCUT2D eigenvalue weighted by molar-refractivity contribution is 0.186. The Morgan fingerprint density at radius 3 is 2.89 bits per heavy atom. The van der Waals surface area contributed by atoms with Crippen LogP contribution in [0.15, 0.2) is 18.2 Å². The number of rotatable bonds is 3. The van der Waals surface area contributed by atoms with Crippen LogP contribution in [-0.4, -0.2) is 17.5 Å². The summed E-state index contributed by atoms with van der Waals surface area (Å²) in [7, 11) is 0. The molecule has 1 aliphatic rings. The fraction of sp³-hybridized carbons (Fsp3) is 0.562. The second-order valence-corrected chi connectivity index (χ2v) is 5.34. The highest BCUT2D eigenvalue weighted by Crippen LogP contribution is 2.22. The first-order valence-electron chi connectivity index (χ1n) is 7.16. The van der Waals surface area contributed by atoms with Crippen LogP contribution in [0.4, 0.5) is 4.39 Å². The normalized spacial score (nSPS) is 20.8. The van der Waals surface area contributed by atoms with E-state index in [1.54, 1.807) is 12.1 Å². The Hall–Kier alpha value is -1.40. The smallest absolute Gasteiger partial charge is 0.124 e. The van der Waals surface area contributed by atoms with Crippen molar-refractivity contribution in [1.82, 2.24) is 4.90 Å². The molecule has 1 fully saturated rings. The van der Waals surface area contributed by atoms with E-state index < -0.39 is 0 Å². The Kier molecular flexibility index (Phi) is 4.93. The predicted molar refractivity (Wildman–Crippen MR) is 74.1 cm³/mol. The fourth-order valence-corrected chi connectivity index (χ4v) is 2.95.